The molecule has 3 aromatic carbocycles. The Morgan fingerprint density at radius 1 is 0.923 bits per heavy atom. The third-order valence-electron chi connectivity index (χ3n) is 9.72. The van der Waals surface area contributed by atoms with Gasteiger partial charge in [-0.3, -0.25) is 9.69 Å². The maximum absolute atomic E-state index is 14.9. The second-order valence-corrected chi connectivity index (χ2v) is 16.1. The number of fused-ring (bicyclic) bond motifs is 2. The summed E-state index contributed by atoms with van der Waals surface area (Å²) in [6, 6.07) is 14.2. The van der Waals surface area contributed by atoms with Gasteiger partial charge in [-0.2, -0.15) is 4.39 Å². The summed E-state index contributed by atoms with van der Waals surface area (Å²) in [6.07, 6.45) is 2.02. The van der Waals surface area contributed by atoms with E-state index < -0.39 is 56.6 Å². The largest absolute Gasteiger partial charge is 0.488 e. The van der Waals surface area contributed by atoms with Crippen LogP contribution >= 0.6 is 34.8 Å². The number of piperazine rings is 1. The molecule has 52 heavy (non-hydrogen) atoms. The zero-order valence-electron chi connectivity index (χ0n) is 28.5. The lowest BCUT2D eigenvalue weighted by Crippen LogP contribution is -2.64. The van der Waals surface area contributed by atoms with Crippen LogP contribution in [0.1, 0.15) is 56.2 Å². The van der Waals surface area contributed by atoms with E-state index in [-0.39, 0.29) is 31.6 Å². The van der Waals surface area contributed by atoms with E-state index in [9.17, 15) is 27.2 Å². The summed E-state index contributed by atoms with van der Waals surface area (Å²) in [6.45, 7) is 3.70. The number of rotatable bonds is 11. The van der Waals surface area contributed by atoms with E-state index >= 15 is 0 Å². The van der Waals surface area contributed by atoms with Crippen LogP contribution in [0.5, 0.6) is 5.75 Å². The van der Waals surface area contributed by atoms with Gasteiger partial charge in [-0.25, -0.2) is 18.0 Å². The smallest absolute Gasteiger partial charge is 0.411 e. The Morgan fingerprint density at radius 3 is 2.29 bits per heavy atom. The molecule has 2 atom stereocenters. The molecule has 1 saturated carbocycles. The topological polar surface area (TPSA) is 71.1 Å². The van der Waals surface area contributed by atoms with Crippen molar-refractivity contribution in [3.63, 3.8) is 0 Å². The standard InChI is InChI=1S/C38H38Cl3F4N3O4/c1-37(2,38(39,40)41)52-36(50)48-26-18-27(23-11-9-22(10-12-23)6-5-17-51-34-30(44)16-15-29(43)33(34)45)32(31(48)20-46-19-26)35(49)47(25-13-14-25)21-24-7-3-4-8-28(24)42/h3-4,7-12,15-16,25-26,31,46H,5-6,13-14,17-21H2,1-2H3/t26?,31-/m1/s1. The molecular weight excluding hydrogens is 745 g/mol. The van der Waals surface area contributed by atoms with Crippen molar-refractivity contribution in [3.8, 4) is 5.75 Å². The molecule has 14 heteroatoms. The molecule has 6 rings (SSSR count). The Hall–Kier alpha value is -3.51. The van der Waals surface area contributed by atoms with Crippen molar-refractivity contribution in [1.29, 1.82) is 0 Å². The number of aryl methyl sites for hydroxylation is 1. The second-order valence-electron chi connectivity index (χ2n) is 13.8. The predicted octanol–water partition coefficient (Wildman–Crippen LogP) is 8.53. The normalized spacial score (nSPS) is 19.1. The molecule has 1 aliphatic carbocycles. The van der Waals surface area contributed by atoms with Gasteiger partial charge < -0.3 is 19.7 Å². The third-order valence-corrected chi connectivity index (χ3v) is 11.1. The molecule has 0 aromatic heterocycles. The number of amides is 2. The van der Waals surface area contributed by atoms with Crippen LogP contribution in [0.4, 0.5) is 22.4 Å². The van der Waals surface area contributed by atoms with Gasteiger partial charge in [-0.15, -0.1) is 0 Å². The molecule has 278 valence electrons. The summed E-state index contributed by atoms with van der Waals surface area (Å²) in [5, 5.41) is 3.35. The minimum absolute atomic E-state index is 0.0424. The number of alkyl halides is 3. The summed E-state index contributed by atoms with van der Waals surface area (Å²) < 4.78 is 65.4. The van der Waals surface area contributed by atoms with Gasteiger partial charge in [-0.1, -0.05) is 77.3 Å². The van der Waals surface area contributed by atoms with Gasteiger partial charge in [0.15, 0.2) is 23.0 Å². The molecule has 0 spiro atoms. The lowest BCUT2D eigenvalue weighted by atomic mass is 9.81. The summed E-state index contributed by atoms with van der Waals surface area (Å²) >= 11 is 18.5. The average Bonchev–Trinajstić information content (AvgIpc) is 3.94. The maximum Gasteiger partial charge on any atom is 0.411 e. The number of halogens is 7. The lowest BCUT2D eigenvalue weighted by Gasteiger charge is -2.48. The number of carbonyl (C=O) groups is 2. The molecule has 2 fully saturated rings. The Balaban J connectivity index is 1.29. The number of hydrogen-bond acceptors (Lipinski definition) is 5. The molecule has 1 saturated heterocycles. The molecule has 3 aliphatic rings. The van der Waals surface area contributed by atoms with Gasteiger partial charge >= 0.3 is 6.09 Å². The molecule has 2 amide bonds. The van der Waals surface area contributed by atoms with E-state index in [4.69, 9.17) is 44.3 Å². The van der Waals surface area contributed by atoms with Crippen LogP contribution < -0.4 is 10.1 Å². The lowest BCUT2D eigenvalue weighted by molar-refractivity contribution is -0.129. The molecule has 0 radical (unpaired) electrons. The number of nitrogens with zero attached hydrogens (tertiary/aromatic N) is 2. The molecule has 1 N–H and O–H groups in total. The van der Waals surface area contributed by atoms with Crippen molar-refractivity contribution in [3.05, 3.63) is 106 Å². The first-order valence-corrected chi connectivity index (χ1v) is 18.2. The van der Waals surface area contributed by atoms with Crippen LogP contribution in [0.3, 0.4) is 0 Å². The van der Waals surface area contributed by atoms with Crippen molar-refractivity contribution in [1.82, 2.24) is 15.1 Å². The third kappa shape index (κ3) is 8.17. The van der Waals surface area contributed by atoms with Crippen LogP contribution in [0.25, 0.3) is 5.57 Å². The molecular formula is C38H38Cl3F4N3O4. The molecule has 2 aliphatic heterocycles. The van der Waals surface area contributed by atoms with Gasteiger partial charge in [0.2, 0.25) is 9.61 Å². The Bertz CT molecular complexity index is 1850. The number of benzene rings is 3. The van der Waals surface area contributed by atoms with E-state index in [1.54, 1.807) is 28.0 Å². The van der Waals surface area contributed by atoms with E-state index in [2.05, 4.69) is 5.32 Å². The van der Waals surface area contributed by atoms with Crippen LogP contribution in [-0.2, 0) is 22.5 Å². The van der Waals surface area contributed by atoms with Gasteiger partial charge in [0, 0.05) is 36.8 Å². The summed E-state index contributed by atoms with van der Waals surface area (Å²) in [5.74, 6) is -5.01. The first-order valence-electron chi connectivity index (χ1n) is 17.1. The Labute approximate surface area is 314 Å². The maximum atomic E-state index is 14.9. The van der Waals surface area contributed by atoms with Crippen LogP contribution in [0, 0.1) is 23.3 Å². The summed E-state index contributed by atoms with van der Waals surface area (Å²) in [7, 11) is 0. The van der Waals surface area contributed by atoms with Crippen LogP contribution in [0.2, 0.25) is 0 Å². The van der Waals surface area contributed by atoms with E-state index in [1.807, 2.05) is 24.3 Å². The number of carbonyl (C=O) groups excluding carboxylic acids is 2. The highest BCUT2D eigenvalue weighted by molar-refractivity contribution is 6.68. The first-order chi connectivity index (χ1) is 24.7. The first kappa shape index (κ1) is 38.2. The fourth-order valence-corrected chi connectivity index (χ4v) is 6.74. The zero-order chi connectivity index (χ0) is 37.4. The quantitative estimate of drug-likeness (QED) is 0.0915. The number of ether oxygens (including phenoxy) is 2. The van der Waals surface area contributed by atoms with Gasteiger partial charge in [0.25, 0.3) is 5.91 Å². The summed E-state index contributed by atoms with van der Waals surface area (Å²) in [4.78, 5) is 31.9. The minimum Gasteiger partial charge on any atom is -0.488 e. The van der Waals surface area contributed by atoms with Gasteiger partial charge in [0.05, 0.1) is 18.7 Å². The summed E-state index contributed by atoms with van der Waals surface area (Å²) in [5.41, 5.74) is 1.73. The van der Waals surface area contributed by atoms with Crippen molar-refractivity contribution < 1.29 is 36.6 Å². The van der Waals surface area contributed by atoms with E-state index in [0.29, 0.717) is 43.0 Å². The number of nitrogens with one attached hydrogen (secondary N) is 1. The van der Waals surface area contributed by atoms with Crippen molar-refractivity contribution in [2.24, 2.45) is 0 Å². The van der Waals surface area contributed by atoms with Crippen molar-refractivity contribution >= 4 is 52.4 Å². The van der Waals surface area contributed by atoms with Crippen LogP contribution in [0.15, 0.2) is 66.2 Å². The highest BCUT2D eigenvalue weighted by Gasteiger charge is 2.50. The fraction of sp³-hybridized carbons (Fsp3) is 0.421. The number of hydrogen-bond donors (Lipinski definition) is 1. The molecule has 7 nitrogen and oxygen atoms in total. The predicted molar refractivity (Wildman–Crippen MR) is 191 cm³/mol. The highest BCUT2D eigenvalue weighted by Crippen LogP contribution is 2.43. The molecule has 1 unspecified atom stereocenters. The van der Waals surface area contributed by atoms with Crippen LogP contribution in [-0.4, -0.2) is 69.0 Å². The molecule has 2 bridgehead atoms. The highest BCUT2D eigenvalue weighted by atomic mass is 35.6. The Kier molecular flexibility index (Phi) is 11.4. The molecule has 3 aromatic rings. The monoisotopic (exact) mass is 781 g/mol. The van der Waals surface area contributed by atoms with Crippen molar-refractivity contribution in [2.45, 2.75) is 80.0 Å². The van der Waals surface area contributed by atoms with E-state index in [1.165, 1.54) is 19.9 Å². The van der Waals surface area contributed by atoms with Gasteiger partial charge in [-0.05, 0) is 80.9 Å². The Morgan fingerprint density at radius 2 is 1.62 bits per heavy atom. The minimum atomic E-state index is -1.92. The molecule has 2 heterocycles. The van der Waals surface area contributed by atoms with E-state index in [0.717, 1.165) is 35.6 Å². The van der Waals surface area contributed by atoms with Crippen molar-refractivity contribution in [2.75, 3.05) is 19.7 Å². The zero-order valence-corrected chi connectivity index (χ0v) is 30.8. The second kappa shape index (κ2) is 15.5. The SMILES string of the molecule is CC(C)(OC(=O)N1C2CNC[C@@H]1C(C(=O)N(Cc1ccccc1F)C1CC1)=C(c1ccc(CCCOc3c(F)ccc(F)c3F)cc1)C2)C(Cl)(Cl)Cl. The fourth-order valence-electron chi connectivity index (χ4n) is 6.63. The average molecular weight is 783 g/mol. The van der Waals surface area contributed by atoms with Gasteiger partial charge in [0.1, 0.15) is 5.82 Å².